The summed E-state index contributed by atoms with van der Waals surface area (Å²) in [5.41, 5.74) is 5.62. The number of halogens is 3. The summed E-state index contributed by atoms with van der Waals surface area (Å²) in [5, 5.41) is 2.85. The fraction of sp³-hybridized carbons (Fsp3) is 0.725. The molecule has 1 saturated heterocycles. The highest BCUT2D eigenvalue weighted by molar-refractivity contribution is 5.85. The van der Waals surface area contributed by atoms with Crippen LogP contribution in [0.4, 0.5) is 18.0 Å². The van der Waals surface area contributed by atoms with E-state index < -0.39 is 65.4 Å². The number of esters is 1. The molecule has 1 aliphatic carbocycles. The number of nitrogens with zero attached hydrogens (tertiary/aromatic N) is 1. The molecule has 5 atom stereocenters. The van der Waals surface area contributed by atoms with Gasteiger partial charge in [0.25, 0.3) is 0 Å². The number of primary amides is 1. The van der Waals surface area contributed by atoms with Crippen molar-refractivity contribution in [2.24, 2.45) is 34.8 Å². The zero-order chi connectivity index (χ0) is 44.3. The molecule has 59 heavy (non-hydrogen) atoms. The lowest BCUT2D eigenvalue weighted by molar-refractivity contribution is -0.211. The van der Waals surface area contributed by atoms with Crippen molar-refractivity contribution in [1.82, 2.24) is 15.7 Å². The summed E-state index contributed by atoms with van der Waals surface area (Å²) in [6, 6.07) is 5.07. The highest BCUT2D eigenvalue weighted by Crippen LogP contribution is 2.38. The van der Waals surface area contributed by atoms with Gasteiger partial charge in [-0.2, -0.15) is 13.2 Å². The van der Waals surface area contributed by atoms with Crippen LogP contribution in [0.15, 0.2) is 18.2 Å². The van der Waals surface area contributed by atoms with E-state index >= 15 is 0 Å². The van der Waals surface area contributed by atoms with E-state index in [2.05, 4.69) is 24.0 Å². The minimum absolute atomic E-state index is 0.0121. The van der Waals surface area contributed by atoms with Crippen LogP contribution < -0.4 is 26.0 Å². The van der Waals surface area contributed by atoms with Crippen molar-refractivity contribution in [2.75, 3.05) is 40.7 Å². The number of hydrogen-bond donors (Lipinski definition) is 3. The molecule has 3 amide bonds. The number of nitrogens with two attached hydrogens (primary N) is 1. The quantitative estimate of drug-likeness (QED) is 0.0587. The molecule has 1 saturated carbocycles. The van der Waals surface area contributed by atoms with Gasteiger partial charge >= 0.3 is 24.2 Å². The molecule has 0 radical (unpaired) electrons. The summed E-state index contributed by atoms with van der Waals surface area (Å²) in [6.45, 7) is 13.2. The number of amides is 3. The Hall–Kier alpha value is -4.36. The van der Waals surface area contributed by atoms with E-state index in [1.807, 2.05) is 37.5 Å². The smallest absolute Gasteiger partial charge is 0.492 e. The molecule has 3 rings (SSSR count). The number of rotatable bonds is 23. The Morgan fingerprint density at radius 1 is 0.966 bits per heavy atom. The molecule has 5 unspecified atom stereocenters. The average molecular weight is 847 g/mol. The summed E-state index contributed by atoms with van der Waals surface area (Å²) >= 11 is 0. The van der Waals surface area contributed by atoms with Gasteiger partial charge in [-0.05, 0) is 81.4 Å². The van der Waals surface area contributed by atoms with Crippen LogP contribution in [-0.4, -0.2) is 106 Å². The molecule has 16 nitrogen and oxygen atoms in total. The summed E-state index contributed by atoms with van der Waals surface area (Å²) < 4.78 is 71.6. The van der Waals surface area contributed by atoms with Crippen LogP contribution in [0.3, 0.4) is 0 Å². The monoisotopic (exact) mass is 846 g/mol. The molecule has 334 valence electrons. The van der Waals surface area contributed by atoms with Crippen molar-refractivity contribution in [2.45, 2.75) is 117 Å². The molecule has 0 bridgehead atoms. The van der Waals surface area contributed by atoms with E-state index in [0.29, 0.717) is 44.0 Å². The summed E-state index contributed by atoms with van der Waals surface area (Å²) in [4.78, 5) is 68.9. The van der Waals surface area contributed by atoms with Crippen LogP contribution in [-0.2, 0) is 49.4 Å². The molecule has 1 aromatic rings. The number of carbonyl (C=O) groups is 5. The van der Waals surface area contributed by atoms with Gasteiger partial charge in [-0.15, -0.1) is 5.48 Å². The summed E-state index contributed by atoms with van der Waals surface area (Å²) in [6.07, 6.45) is -6.45. The van der Waals surface area contributed by atoms with Crippen molar-refractivity contribution in [1.29, 1.82) is 0 Å². The molecule has 19 heteroatoms. The van der Waals surface area contributed by atoms with E-state index in [9.17, 15) is 37.1 Å². The van der Waals surface area contributed by atoms with Crippen LogP contribution >= 0.6 is 0 Å². The molecule has 2 aliphatic rings. The van der Waals surface area contributed by atoms with Gasteiger partial charge in [0.15, 0.2) is 17.0 Å². The predicted octanol–water partition coefficient (Wildman–Crippen LogP) is 4.80. The van der Waals surface area contributed by atoms with Crippen LogP contribution in [0.1, 0.15) is 86.1 Å². The molecule has 1 aliphatic heterocycles. The Bertz CT molecular complexity index is 1600. The first-order valence-electron chi connectivity index (χ1n) is 19.8. The summed E-state index contributed by atoms with van der Waals surface area (Å²) in [7, 11) is 3.18. The highest BCUT2D eigenvalue weighted by Gasteiger charge is 2.55. The number of hydrogen-bond acceptors (Lipinski definition) is 13. The number of carbonyl (C=O) groups excluding carboxylic acids is 5. The number of benzene rings is 1. The molecular weight excluding hydrogens is 785 g/mol. The second-order valence-corrected chi connectivity index (χ2v) is 16.5. The lowest BCUT2D eigenvalue weighted by Gasteiger charge is -2.33. The van der Waals surface area contributed by atoms with Crippen LogP contribution in [0.2, 0.25) is 0 Å². The zero-order valence-corrected chi connectivity index (χ0v) is 35.4. The number of methoxy groups -OCH3 is 2. The molecule has 0 spiro atoms. The SMILES string of the molecule is COCCCOc1cc(CC(CC2C(CC(C(=O)NCC(C)(C)C(N)=O)C(C)C)OCN2C(=O)OC(C)OC(=O)C2(NOC(=O)C(F)(F)F)CC2)C(C)C)ccc1OC. The number of ether oxygens (including phenoxy) is 6. The van der Waals surface area contributed by atoms with Crippen molar-refractivity contribution >= 4 is 29.8 Å². The lowest BCUT2D eigenvalue weighted by Crippen LogP contribution is -2.47. The third kappa shape index (κ3) is 14.1. The first-order chi connectivity index (χ1) is 27.5. The van der Waals surface area contributed by atoms with E-state index in [1.54, 1.807) is 28.1 Å². The van der Waals surface area contributed by atoms with Crippen molar-refractivity contribution in [3.8, 4) is 11.5 Å². The Kier molecular flexibility index (Phi) is 17.6. The Balaban J connectivity index is 1.85. The first kappa shape index (κ1) is 49.0. The highest BCUT2D eigenvalue weighted by atomic mass is 19.4. The standard InChI is InChI=1S/C40H61F3N4O12/c1-23(2)27(17-26-11-12-30(54-9)32(18-26)55-16-10-15-53-8)19-29-31(20-28(24(3)4)33(48)45-21-38(6,7)34(44)49)56-22-47(29)37(52)58-25(5)57-35(50)39(13-14-39)46-59-36(51)40(41,42)43/h11-12,18,23-25,27-29,31,46H,10,13-17,19-22H2,1-9H3,(H2,44,49)(H,45,48). The average Bonchev–Trinajstić information content (AvgIpc) is 3.85. The Morgan fingerprint density at radius 3 is 2.20 bits per heavy atom. The van der Waals surface area contributed by atoms with Gasteiger partial charge in [0, 0.05) is 39.5 Å². The number of alkyl halides is 3. The normalized spacial score (nSPS) is 19.1. The largest absolute Gasteiger partial charge is 0.493 e. The molecule has 1 aromatic carbocycles. The molecule has 1 heterocycles. The van der Waals surface area contributed by atoms with E-state index in [4.69, 9.17) is 34.2 Å². The number of nitrogens with one attached hydrogen (secondary N) is 2. The maximum Gasteiger partial charge on any atom is 0.492 e. The van der Waals surface area contributed by atoms with Crippen LogP contribution in [0, 0.1) is 29.1 Å². The fourth-order valence-corrected chi connectivity index (χ4v) is 6.46. The van der Waals surface area contributed by atoms with E-state index in [1.165, 1.54) is 11.8 Å². The second-order valence-electron chi connectivity index (χ2n) is 16.5. The third-order valence-electron chi connectivity index (χ3n) is 10.7. The Morgan fingerprint density at radius 2 is 1.64 bits per heavy atom. The topological polar surface area (TPSA) is 203 Å². The van der Waals surface area contributed by atoms with Crippen LogP contribution in [0.5, 0.6) is 11.5 Å². The van der Waals surface area contributed by atoms with Crippen molar-refractivity contribution < 1.29 is 70.4 Å². The molecular formula is C40H61F3N4O12. The van der Waals surface area contributed by atoms with Gasteiger partial charge < -0.3 is 44.3 Å². The number of hydroxylamine groups is 1. The lowest BCUT2D eigenvalue weighted by atomic mass is 9.80. The zero-order valence-electron chi connectivity index (χ0n) is 35.4. The van der Waals surface area contributed by atoms with Gasteiger partial charge in [-0.25, -0.2) is 14.4 Å². The minimum Gasteiger partial charge on any atom is -0.493 e. The van der Waals surface area contributed by atoms with E-state index in [0.717, 1.165) is 5.56 Å². The first-order valence-corrected chi connectivity index (χ1v) is 19.8. The predicted molar refractivity (Wildman–Crippen MR) is 205 cm³/mol. The second kappa shape index (κ2) is 21.2. The third-order valence-corrected chi connectivity index (χ3v) is 10.7. The molecule has 0 aromatic heterocycles. The Labute approximate surface area is 343 Å². The fourth-order valence-electron chi connectivity index (χ4n) is 6.46. The maximum atomic E-state index is 13.8. The van der Waals surface area contributed by atoms with Gasteiger partial charge in [-0.1, -0.05) is 33.8 Å². The molecule has 2 fully saturated rings. The van der Waals surface area contributed by atoms with Crippen molar-refractivity contribution in [3.63, 3.8) is 0 Å². The van der Waals surface area contributed by atoms with Gasteiger partial charge in [0.1, 0.15) is 6.73 Å². The van der Waals surface area contributed by atoms with Gasteiger partial charge in [0.05, 0.1) is 31.3 Å². The van der Waals surface area contributed by atoms with Gasteiger partial charge in [0.2, 0.25) is 18.1 Å². The van der Waals surface area contributed by atoms with E-state index in [-0.39, 0.29) is 56.2 Å². The summed E-state index contributed by atoms with van der Waals surface area (Å²) in [5.74, 6) is -4.05. The molecule has 4 N–H and O–H groups in total. The van der Waals surface area contributed by atoms with Gasteiger partial charge in [-0.3, -0.25) is 14.5 Å². The van der Waals surface area contributed by atoms with Crippen LogP contribution in [0.25, 0.3) is 0 Å². The maximum absolute atomic E-state index is 13.8. The minimum atomic E-state index is -5.28. The van der Waals surface area contributed by atoms with Crippen molar-refractivity contribution in [3.05, 3.63) is 23.8 Å².